The van der Waals surface area contributed by atoms with E-state index in [0.29, 0.717) is 65.2 Å². The Morgan fingerprint density at radius 2 is 1.87 bits per heavy atom. The van der Waals surface area contributed by atoms with Gasteiger partial charge in [0.05, 0.1) is 30.1 Å². The monoisotopic (exact) mass is 872 g/mol. The van der Waals surface area contributed by atoms with Crippen LogP contribution in [0.2, 0.25) is 0 Å². The molecular weight excluding hydrogens is 821 g/mol. The van der Waals surface area contributed by atoms with Crippen LogP contribution in [0.3, 0.4) is 0 Å². The van der Waals surface area contributed by atoms with Gasteiger partial charge in [-0.05, 0) is 69.6 Å². The van der Waals surface area contributed by atoms with Crippen molar-refractivity contribution in [3.8, 4) is 22.2 Å². The van der Waals surface area contributed by atoms with Gasteiger partial charge in [-0.1, -0.05) is 38.8 Å². The van der Waals surface area contributed by atoms with Crippen LogP contribution in [0.25, 0.3) is 21.6 Å². The van der Waals surface area contributed by atoms with E-state index >= 15 is 0 Å². The lowest BCUT2D eigenvalue weighted by atomic mass is 10.0. The number of aromatic nitrogens is 4. The maximum Gasteiger partial charge on any atom is 0.272 e. The lowest BCUT2D eigenvalue weighted by Gasteiger charge is -2.29. The predicted molar refractivity (Wildman–Crippen MR) is 229 cm³/mol. The van der Waals surface area contributed by atoms with E-state index in [1.165, 1.54) is 20.9 Å². The number of rotatable bonds is 10. The van der Waals surface area contributed by atoms with Gasteiger partial charge in [0.1, 0.15) is 51.6 Å². The Morgan fingerprint density at radius 3 is 2.57 bits per heavy atom. The van der Waals surface area contributed by atoms with Crippen molar-refractivity contribution in [1.82, 2.24) is 40.0 Å². The average molecular weight is 873 g/mol. The highest BCUT2D eigenvalue weighted by atomic mass is 32.2. The van der Waals surface area contributed by atoms with Crippen molar-refractivity contribution < 1.29 is 37.1 Å². The number of nitrogens with one attached hydrogen (secondary N) is 3. The van der Waals surface area contributed by atoms with Crippen LogP contribution in [-0.4, -0.2) is 99.3 Å². The maximum atomic E-state index is 14.8. The van der Waals surface area contributed by atoms with Crippen molar-refractivity contribution in [1.29, 1.82) is 0 Å². The van der Waals surface area contributed by atoms with E-state index in [0.717, 1.165) is 24.1 Å². The number of carbonyl (C=O) groups is 4. The fraction of sp³-hybridized carbons (Fsp3) is 0.512. The van der Waals surface area contributed by atoms with Gasteiger partial charge in [-0.3, -0.25) is 28.6 Å². The zero-order valence-corrected chi connectivity index (χ0v) is 36.6. The third-order valence-electron chi connectivity index (χ3n) is 12.1. The van der Waals surface area contributed by atoms with Crippen molar-refractivity contribution in [2.45, 2.75) is 113 Å². The van der Waals surface area contributed by atoms with Gasteiger partial charge < -0.3 is 25.0 Å². The molecule has 5 atom stereocenters. The summed E-state index contributed by atoms with van der Waals surface area (Å²) in [7, 11) is -0.626. The third kappa shape index (κ3) is 8.74. The Kier molecular flexibility index (Phi) is 11.7. The molecule has 3 N–H and O–H groups in total. The van der Waals surface area contributed by atoms with Crippen molar-refractivity contribution in [3.05, 3.63) is 64.9 Å². The molecule has 0 unspecified atom stereocenters. The number of fused-ring (bicyclic) bond motifs is 3. The molecule has 8 rings (SSSR count). The second-order valence-corrected chi connectivity index (χ2v) is 19.7. The SMILES string of the molecule is COc1ccc2c(O[C@@H]3C[C@H]4C(=O)N[C@]5(C(=O)NS(=O)(=O)C6CC6)C[C@H]5/C=C\CCCCC[C@H](NC(=O)c5ccn(C)n5)C(=O)N4C3)cc(-c3nc(C(C)C)cs3)nc2c1C. The summed E-state index contributed by atoms with van der Waals surface area (Å²) in [4.78, 5) is 68.2. The number of sulfonamides is 1. The first-order valence-electron chi connectivity index (χ1n) is 20.9. The first-order valence-corrected chi connectivity index (χ1v) is 23.4. The molecule has 2 saturated carbocycles. The summed E-state index contributed by atoms with van der Waals surface area (Å²) in [6.45, 7) is 6.04. The number of hydrogen-bond acceptors (Lipinski definition) is 12. The van der Waals surface area contributed by atoms with E-state index < -0.39 is 68.5 Å². The van der Waals surface area contributed by atoms with Crippen molar-refractivity contribution in [2.75, 3.05) is 13.7 Å². The average Bonchev–Trinajstić information content (AvgIpc) is 4.01. The second kappa shape index (κ2) is 16.8. The molecule has 2 aliphatic heterocycles. The molecule has 61 heavy (non-hydrogen) atoms. The fourth-order valence-corrected chi connectivity index (χ4v) is 10.6. The largest absolute Gasteiger partial charge is 0.496 e. The molecule has 0 bridgehead atoms. The molecule has 16 nitrogen and oxygen atoms in total. The smallest absolute Gasteiger partial charge is 0.272 e. The van der Waals surface area contributed by atoms with Gasteiger partial charge in [0.25, 0.3) is 11.8 Å². The van der Waals surface area contributed by atoms with Crippen LogP contribution in [0.4, 0.5) is 0 Å². The van der Waals surface area contributed by atoms with Crippen LogP contribution in [0, 0.1) is 12.8 Å². The van der Waals surface area contributed by atoms with E-state index in [1.807, 2.05) is 42.7 Å². The molecule has 1 aromatic carbocycles. The number of ether oxygens (including phenoxy) is 2. The molecular formula is C43H52N8O8S2. The number of pyridine rings is 1. The number of nitrogens with zero attached hydrogens (tertiary/aromatic N) is 5. The minimum Gasteiger partial charge on any atom is -0.496 e. The minimum atomic E-state index is -3.92. The highest BCUT2D eigenvalue weighted by Crippen LogP contribution is 2.46. The minimum absolute atomic E-state index is 0.0193. The van der Waals surface area contributed by atoms with Gasteiger partial charge in [0.2, 0.25) is 21.8 Å². The highest BCUT2D eigenvalue weighted by molar-refractivity contribution is 7.91. The van der Waals surface area contributed by atoms with Crippen LogP contribution in [-0.2, 0) is 31.5 Å². The van der Waals surface area contributed by atoms with Crippen LogP contribution >= 0.6 is 11.3 Å². The number of thiazole rings is 1. The number of carbonyl (C=O) groups excluding carboxylic acids is 4. The number of amides is 4. The van der Waals surface area contributed by atoms with E-state index in [4.69, 9.17) is 19.4 Å². The number of aryl methyl sites for hydroxylation is 2. The molecule has 324 valence electrons. The van der Waals surface area contributed by atoms with Crippen LogP contribution in [0.1, 0.15) is 99.3 Å². The predicted octanol–water partition coefficient (Wildman–Crippen LogP) is 4.68. The molecule has 5 heterocycles. The van der Waals surface area contributed by atoms with Crippen LogP contribution in [0.15, 0.2) is 48.0 Å². The fourth-order valence-electron chi connectivity index (χ4n) is 8.27. The summed E-state index contributed by atoms with van der Waals surface area (Å²) in [5.74, 6) is -1.52. The van der Waals surface area contributed by atoms with Crippen molar-refractivity contribution in [2.24, 2.45) is 13.0 Å². The topological polar surface area (TPSA) is 204 Å². The van der Waals surface area contributed by atoms with E-state index in [1.54, 1.807) is 26.4 Å². The molecule has 2 aliphatic carbocycles. The summed E-state index contributed by atoms with van der Waals surface area (Å²) >= 11 is 1.48. The van der Waals surface area contributed by atoms with Crippen LogP contribution < -0.4 is 24.8 Å². The number of methoxy groups -OCH3 is 1. The molecule has 4 amide bonds. The summed E-state index contributed by atoms with van der Waals surface area (Å²) in [5.41, 5.74) is 1.60. The van der Waals surface area contributed by atoms with Crippen LogP contribution in [0.5, 0.6) is 11.5 Å². The van der Waals surface area contributed by atoms with Crippen molar-refractivity contribution in [3.63, 3.8) is 0 Å². The quantitative estimate of drug-likeness (QED) is 0.187. The first-order chi connectivity index (χ1) is 29.2. The third-order valence-corrected chi connectivity index (χ3v) is 14.8. The number of hydrogen-bond donors (Lipinski definition) is 3. The summed E-state index contributed by atoms with van der Waals surface area (Å²) in [6.07, 6.45) is 9.10. The maximum absolute atomic E-state index is 14.8. The van der Waals surface area contributed by atoms with E-state index in [9.17, 15) is 27.6 Å². The van der Waals surface area contributed by atoms with Gasteiger partial charge >= 0.3 is 0 Å². The normalized spacial score (nSPS) is 25.2. The van der Waals surface area contributed by atoms with Gasteiger partial charge in [-0.2, -0.15) is 5.10 Å². The van der Waals surface area contributed by atoms with Gasteiger partial charge in [0.15, 0.2) is 0 Å². The number of allylic oxidation sites excluding steroid dienone is 1. The van der Waals surface area contributed by atoms with Gasteiger partial charge in [-0.25, -0.2) is 18.4 Å². The standard InChI is InChI=1S/C43H52N8O8S2/c1-24(2)33-23-60-40(46-33)32-20-36(29-15-16-35(58-5)25(3)37(29)44-32)59-27-19-34-39(53)47-43(42(55)49-61(56,57)28-13-14-28)21-26(43)11-9-7-6-8-10-12-31(41(54)51(34)22-27)45-38(52)30-17-18-50(4)48-30/h9,11,15-18,20,23-24,26-28,31,34H,6-8,10,12-14,19,21-22H2,1-5H3,(H,45,52)(H,47,53)(H,49,55)/b11-9-/t26-,27-,31+,34+,43-/m1/s1. The van der Waals surface area contributed by atoms with Gasteiger partial charge in [0, 0.05) is 48.0 Å². The Hall–Kier alpha value is -5.36. The molecule has 0 radical (unpaired) electrons. The van der Waals surface area contributed by atoms with E-state index in [2.05, 4.69) is 34.3 Å². The molecule has 18 heteroatoms. The zero-order chi connectivity index (χ0) is 43.2. The summed E-state index contributed by atoms with van der Waals surface area (Å²) in [6, 6.07) is 4.96. The summed E-state index contributed by atoms with van der Waals surface area (Å²) in [5, 5.41) is 12.8. The molecule has 3 aromatic heterocycles. The Bertz CT molecular complexity index is 2510. The lowest BCUT2D eigenvalue weighted by molar-refractivity contribution is -0.141. The second-order valence-electron chi connectivity index (χ2n) is 16.9. The molecule has 3 fully saturated rings. The molecule has 4 aliphatic rings. The Labute approximate surface area is 358 Å². The lowest BCUT2D eigenvalue weighted by Crippen LogP contribution is -2.58. The highest BCUT2D eigenvalue weighted by Gasteiger charge is 2.62. The Balaban J connectivity index is 1.15. The molecule has 1 saturated heterocycles. The summed E-state index contributed by atoms with van der Waals surface area (Å²) < 4.78 is 42.1. The molecule has 0 spiro atoms. The zero-order valence-electron chi connectivity index (χ0n) is 35.0. The first kappa shape index (κ1) is 42.3. The van der Waals surface area contributed by atoms with Crippen molar-refractivity contribution >= 4 is 55.9 Å². The van der Waals surface area contributed by atoms with E-state index in [-0.39, 0.29) is 31.0 Å². The Morgan fingerprint density at radius 1 is 1.07 bits per heavy atom. The number of benzene rings is 1. The molecule has 4 aromatic rings. The van der Waals surface area contributed by atoms with Gasteiger partial charge in [-0.15, -0.1) is 11.3 Å².